The Kier molecular flexibility index (Phi) is 5.53. The number of benzene rings is 2. The lowest BCUT2D eigenvalue weighted by molar-refractivity contribution is -0.130. The minimum absolute atomic E-state index is 0.0851. The van der Waals surface area contributed by atoms with Crippen LogP contribution < -0.4 is 0 Å². The zero-order valence-electron chi connectivity index (χ0n) is 17.0. The molecule has 1 aliphatic heterocycles. The van der Waals surface area contributed by atoms with Crippen molar-refractivity contribution in [3.8, 4) is 11.3 Å². The normalized spacial score (nSPS) is 16.4. The molecule has 0 radical (unpaired) electrons. The number of amides is 1. The Bertz CT molecular complexity index is 1040. The number of hydrogen-bond acceptors (Lipinski definition) is 4. The van der Waals surface area contributed by atoms with E-state index in [-0.39, 0.29) is 6.04 Å². The highest BCUT2D eigenvalue weighted by Crippen LogP contribution is 2.23. The van der Waals surface area contributed by atoms with Crippen LogP contribution in [0.3, 0.4) is 0 Å². The van der Waals surface area contributed by atoms with Gasteiger partial charge in [0.15, 0.2) is 0 Å². The number of piperazine rings is 1. The quantitative estimate of drug-likeness (QED) is 0.472. The Hall–Kier alpha value is -3.60. The molecule has 1 aliphatic rings. The van der Waals surface area contributed by atoms with Crippen molar-refractivity contribution in [2.24, 2.45) is 0 Å². The molecule has 0 spiro atoms. The first-order valence-electron chi connectivity index (χ1n) is 10.0. The van der Waals surface area contributed by atoms with Crippen LogP contribution in [0.2, 0.25) is 0 Å². The van der Waals surface area contributed by atoms with E-state index in [2.05, 4.69) is 11.5 Å². The van der Waals surface area contributed by atoms with Gasteiger partial charge in [0.1, 0.15) is 5.76 Å². The summed E-state index contributed by atoms with van der Waals surface area (Å²) in [6.07, 6.45) is 1.60. The third-order valence-electron chi connectivity index (χ3n) is 5.52. The molecule has 4 rings (SSSR count). The van der Waals surface area contributed by atoms with Gasteiger partial charge in [0, 0.05) is 42.5 Å². The van der Waals surface area contributed by atoms with Gasteiger partial charge in [0.2, 0.25) is 5.78 Å². The predicted octanol–water partition coefficient (Wildman–Crippen LogP) is 4.33. The Labute approximate surface area is 176 Å². The van der Waals surface area contributed by atoms with Crippen molar-refractivity contribution in [2.75, 3.05) is 19.6 Å². The standard InChI is InChI=1S/C25H24N2O3/c1-18-17-26(19(2)20-7-4-3-5-8-20)14-15-27(18)25(29)24(28)22-12-10-21(11-13-22)23-9-6-16-30-23/h3-13,16,18H,2,14-15,17H2,1H3. The number of furan rings is 1. The first-order chi connectivity index (χ1) is 14.5. The van der Waals surface area contributed by atoms with Crippen LogP contribution in [-0.2, 0) is 4.79 Å². The molecule has 1 amide bonds. The summed E-state index contributed by atoms with van der Waals surface area (Å²) in [5, 5.41) is 0. The summed E-state index contributed by atoms with van der Waals surface area (Å²) in [4.78, 5) is 29.5. The van der Waals surface area contributed by atoms with Gasteiger partial charge in [-0.2, -0.15) is 0 Å². The number of carbonyl (C=O) groups is 2. The average molecular weight is 400 g/mol. The fourth-order valence-electron chi connectivity index (χ4n) is 3.80. The Balaban J connectivity index is 1.41. The molecular formula is C25H24N2O3. The van der Waals surface area contributed by atoms with E-state index in [4.69, 9.17) is 4.42 Å². The highest BCUT2D eigenvalue weighted by atomic mass is 16.3. The van der Waals surface area contributed by atoms with Gasteiger partial charge >= 0.3 is 0 Å². The van der Waals surface area contributed by atoms with E-state index in [1.165, 1.54) is 0 Å². The summed E-state index contributed by atoms with van der Waals surface area (Å²) in [5.74, 6) is -0.217. The van der Waals surface area contributed by atoms with Gasteiger partial charge in [-0.1, -0.05) is 61.2 Å². The monoisotopic (exact) mass is 400 g/mol. The lowest BCUT2D eigenvalue weighted by Crippen LogP contribution is -2.54. The number of carbonyl (C=O) groups excluding carboxylic acids is 2. The molecule has 1 unspecified atom stereocenters. The van der Waals surface area contributed by atoms with Crippen LogP contribution in [0.4, 0.5) is 0 Å². The van der Waals surface area contributed by atoms with Gasteiger partial charge in [0.25, 0.3) is 5.91 Å². The van der Waals surface area contributed by atoms with Crippen molar-refractivity contribution in [3.05, 3.63) is 90.7 Å². The maximum absolute atomic E-state index is 12.9. The van der Waals surface area contributed by atoms with E-state index in [1.807, 2.05) is 49.4 Å². The Morgan fingerprint density at radius 1 is 0.933 bits per heavy atom. The molecule has 1 atom stereocenters. The summed E-state index contributed by atoms with van der Waals surface area (Å²) in [6.45, 7) is 7.96. The SMILES string of the molecule is C=C(c1ccccc1)N1CCN(C(=O)C(=O)c2ccc(-c3ccco3)cc2)C(C)C1. The highest BCUT2D eigenvalue weighted by Gasteiger charge is 2.32. The smallest absolute Gasteiger partial charge is 0.295 e. The predicted molar refractivity (Wildman–Crippen MR) is 117 cm³/mol. The Morgan fingerprint density at radius 2 is 1.67 bits per heavy atom. The van der Waals surface area contributed by atoms with Crippen LogP contribution in [0.15, 0.2) is 84.0 Å². The minimum atomic E-state index is -0.483. The molecule has 5 nitrogen and oxygen atoms in total. The topological polar surface area (TPSA) is 53.8 Å². The van der Waals surface area contributed by atoms with E-state index in [0.29, 0.717) is 25.2 Å². The number of Topliss-reactive ketones (excluding diaryl/α,β-unsaturated/α-hetero) is 1. The number of hydrogen-bond donors (Lipinski definition) is 0. The van der Waals surface area contributed by atoms with E-state index in [9.17, 15) is 9.59 Å². The molecule has 1 aromatic heterocycles. The summed E-state index contributed by atoms with van der Waals surface area (Å²) in [6, 6.07) is 20.5. The fourth-order valence-corrected chi connectivity index (χ4v) is 3.80. The maximum atomic E-state index is 12.9. The second kappa shape index (κ2) is 8.41. The molecule has 0 N–H and O–H groups in total. The summed E-state index contributed by atoms with van der Waals surface area (Å²) >= 11 is 0. The summed E-state index contributed by atoms with van der Waals surface area (Å²) in [5.41, 5.74) is 3.26. The van der Waals surface area contributed by atoms with Gasteiger partial charge in [-0.05, 0) is 24.6 Å². The third-order valence-corrected chi connectivity index (χ3v) is 5.52. The lowest BCUT2D eigenvalue weighted by atomic mass is 10.0. The maximum Gasteiger partial charge on any atom is 0.295 e. The van der Waals surface area contributed by atoms with Gasteiger partial charge in [-0.25, -0.2) is 0 Å². The molecule has 30 heavy (non-hydrogen) atoms. The second-order valence-corrected chi connectivity index (χ2v) is 7.49. The first-order valence-corrected chi connectivity index (χ1v) is 10.0. The van der Waals surface area contributed by atoms with Gasteiger partial charge in [0.05, 0.1) is 6.26 Å². The van der Waals surface area contributed by atoms with Crippen molar-refractivity contribution >= 4 is 17.4 Å². The van der Waals surface area contributed by atoms with Crippen LogP contribution in [0.1, 0.15) is 22.8 Å². The molecular weight excluding hydrogens is 376 g/mol. The summed E-state index contributed by atoms with van der Waals surface area (Å²) in [7, 11) is 0. The molecule has 2 aromatic carbocycles. The lowest BCUT2D eigenvalue weighted by Gasteiger charge is -2.41. The molecule has 1 saturated heterocycles. The number of ketones is 1. The largest absolute Gasteiger partial charge is 0.464 e. The van der Waals surface area contributed by atoms with Crippen molar-refractivity contribution in [1.29, 1.82) is 0 Å². The van der Waals surface area contributed by atoms with Crippen molar-refractivity contribution in [2.45, 2.75) is 13.0 Å². The van der Waals surface area contributed by atoms with E-state index >= 15 is 0 Å². The van der Waals surface area contributed by atoms with Gasteiger partial charge < -0.3 is 14.2 Å². The minimum Gasteiger partial charge on any atom is -0.464 e. The first kappa shape index (κ1) is 19.7. The molecule has 1 fully saturated rings. The van der Waals surface area contributed by atoms with Crippen LogP contribution in [0.5, 0.6) is 0 Å². The zero-order valence-corrected chi connectivity index (χ0v) is 17.0. The zero-order chi connectivity index (χ0) is 21.1. The second-order valence-electron chi connectivity index (χ2n) is 7.49. The highest BCUT2D eigenvalue weighted by molar-refractivity contribution is 6.42. The van der Waals surface area contributed by atoms with E-state index in [0.717, 1.165) is 22.6 Å². The van der Waals surface area contributed by atoms with Crippen molar-refractivity contribution < 1.29 is 14.0 Å². The summed E-state index contributed by atoms with van der Waals surface area (Å²) < 4.78 is 5.37. The molecule has 0 aliphatic carbocycles. The van der Waals surface area contributed by atoms with Crippen LogP contribution in [-0.4, -0.2) is 47.2 Å². The van der Waals surface area contributed by atoms with E-state index < -0.39 is 11.7 Å². The fraction of sp³-hybridized carbons (Fsp3) is 0.200. The van der Waals surface area contributed by atoms with Crippen LogP contribution >= 0.6 is 0 Å². The van der Waals surface area contributed by atoms with E-state index in [1.54, 1.807) is 35.4 Å². The number of nitrogens with zero attached hydrogens (tertiary/aromatic N) is 2. The van der Waals surface area contributed by atoms with Gasteiger partial charge in [-0.15, -0.1) is 0 Å². The van der Waals surface area contributed by atoms with Crippen LogP contribution in [0, 0.1) is 0 Å². The van der Waals surface area contributed by atoms with Crippen molar-refractivity contribution in [3.63, 3.8) is 0 Å². The molecule has 0 saturated carbocycles. The van der Waals surface area contributed by atoms with Crippen molar-refractivity contribution in [1.82, 2.24) is 9.80 Å². The molecule has 2 heterocycles. The number of rotatable bonds is 5. The van der Waals surface area contributed by atoms with Crippen LogP contribution in [0.25, 0.3) is 17.0 Å². The third kappa shape index (κ3) is 3.92. The average Bonchev–Trinajstić information content (AvgIpc) is 3.33. The molecule has 3 aromatic rings. The molecule has 152 valence electrons. The molecule has 5 heteroatoms. The molecule has 0 bridgehead atoms. The van der Waals surface area contributed by atoms with Gasteiger partial charge in [-0.3, -0.25) is 9.59 Å². The Morgan fingerprint density at radius 3 is 2.30 bits per heavy atom.